The molecule has 1 aromatic carbocycles. The van der Waals surface area contributed by atoms with E-state index in [2.05, 4.69) is 4.98 Å². The molecule has 2 rings (SSSR count). The van der Waals surface area contributed by atoms with Crippen molar-refractivity contribution in [1.82, 2.24) is 4.98 Å². The number of alkyl halides is 4. The first kappa shape index (κ1) is 11.7. The van der Waals surface area contributed by atoms with Crippen molar-refractivity contribution in [3.8, 4) is 0 Å². The summed E-state index contributed by atoms with van der Waals surface area (Å²) < 4.78 is 38.4. The lowest BCUT2D eigenvalue weighted by molar-refractivity contribution is 0.0536. The van der Waals surface area contributed by atoms with E-state index in [0.717, 1.165) is 10.9 Å². The fourth-order valence-electron chi connectivity index (χ4n) is 1.29. The molecule has 0 aliphatic rings. The number of fused-ring (bicyclic) bond motifs is 1. The smallest absolute Gasteiger partial charge is 0.343 e. The summed E-state index contributed by atoms with van der Waals surface area (Å²) in [4.78, 5) is 2.76. The predicted molar refractivity (Wildman–Crippen MR) is 59.9 cm³/mol. The van der Waals surface area contributed by atoms with E-state index in [1.807, 2.05) is 0 Å². The second kappa shape index (κ2) is 4.22. The van der Waals surface area contributed by atoms with E-state index in [-0.39, 0.29) is 16.8 Å². The van der Waals surface area contributed by atoms with E-state index < -0.39 is 10.9 Å². The van der Waals surface area contributed by atoms with Gasteiger partial charge in [0.05, 0.1) is 5.03 Å². The molecule has 1 heterocycles. The number of aromatic amines is 1. The molecule has 0 saturated carbocycles. The molecule has 1 atom stereocenters. The standard InChI is InChI=1S/C10H7ClF3NS/c11-9(12)10(13,14)16-8-5-6-3-1-2-4-7(6)15-8/h1-5,9,15H. The lowest BCUT2D eigenvalue weighted by atomic mass is 10.3. The lowest BCUT2D eigenvalue weighted by Crippen LogP contribution is -2.20. The van der Waals surface area contributed by atoms with Crippen LogP contribution in [-0.4, -0.2) is 15.9 Å². The quantitative estimate of drug-likeness (QED) is 0.643. The number of H-pyrrole nitrogens is 1. The van der Waals surface area contributed by atoms with Crippen LogP contribution < -0.4 is 0 Å². The van der Waals surface area contributed by atoms with Crippen molar-refractivity contribution >= 4 is 34.3 Å². The summed E-state index contributed by atoms with van der Waals surface area (Å²) >= 11 is 4.85. The average molecular weight is 266 g/mol. The van der Waals surface area contributed by atoms with Crippen LogP contribution in [0, 0.1) is 0 Å². The zero-order valence-corrected chi connectivity index (χ0v) is 9.46. The molecule has 6 heteroatoms. The third-order valence-electron chi connectivity index (χ3n) is 2.01. The molecular weight excluding hydrogens is 259 g/mol. The Labute approximate surface area is 99.0 Å². The average Bonchev–Trinajstić information content (AvgIpc) is 2.58. The second-order valence-corrected chi connectivity index (χ2v) is 4.76. The molecule has 0 amide bonds. The minimum absolute atomic E-state index is 0.0839. The lowest BCUT2D eigenvalue weighted by Gasteiger charge is -2.13. The number of para-hydroxylation sites is 1. The molecule has 0 bridgehead atoms. The van der Waals surface area contributed by atoms with E-state index >= 15 is 0 Å². The number of hydrogen-bond acceptors (Lipinski definition) is 1. The van der Waals surface area contributed by atoms with E-state index in [1.54, 1.807) is 24.3 Å². The van der Waals surface area contributed by atoms with Gasteiger partial charge in [-0.05, 0) is 23.9 Å². The van der Waals surface area contributed by atoms with Gasteiger partial charge in [0, 0.05) is 10.9 Å². The van der Waals surface area contributed by atoms with Gasteiger partial charge < -0.3 is 4.98 Å². The van der Waals surface area contributed by atoms with Gasteiger partial charge in [-0.15, -0.1) is 0 Å². The Hall–Kier alpha value is -0.810. The molecule has 1 aromatic heterocycles. The topological polar surface area (TPSA) is 15.8 Å². The number of halogens is 4. The molecule has 0 fully saturated rings. The summed E-state index contributed by atoms with van der Waals surface area (Å²) in [6.45, 7) is 0. The van der Waals surface area contributed by atoms with Gasteiger partial charge >= 0.3 is 5.25 Å². The van der Waals surface area contributed by atoms with Crippen LogP contribution in [0.15, 0.2) is 35.4 Å². The largest absolute Gasteiger partial charge is 0.350 e. The Morgan fingerprint density at radius 1 is 1.31 bits per heavy atom. The summed E-state index contributed by atoms with van der Waals surface area (Å²) in [5, 5.41) is -2.65. The zero-order chi connectivity index (χ0) is 11.8. The summed E-state index contributed by atoms with van der Waals surface area (Å²) in [5.74, 6) is 0. The summed E-state index contributed by atoms with van der Waals surface area (Å²) in [5.41, 5.74) is -1.98. The van der Waals surface area contributed by atoms with E-state index in [9.17, 15) is 13.2 Å². The van der Waals surface area contributed by atoms with Gasteiger partial charge in [0.1, 0.15) is 0 Å². The molecule has 0 aliphatic carbocycles. The van der Waals surface area contributed by atoms with Crippen LogP contribution in [0.2, 0.25) is 0 Å². The molecule has 0 radical (unpaired) electrons. The molecule has 1 unspecified atom stereocenters. The number of rotatable bonds is 3. The van der Waals surface area contributed by atoms with Crippen LogP contribution >= 0.6 is 23.4 Å². The Morgan fingerprint density at radius 2 is 2.00 bits per heavy atom. The van der Waals surface area contributed by atoms with Gasteiger partial charge in [-0.3, -0.25) is 0 Å². The fourth-order valence-corrected chi connectivity index (χ4v) is 2.16. The summed E-state index contributed by atoms with van der Waals surface area (Å²) in [7, 11) is 0. The molecule has 2 aromatic rings. The van der Waals surface area contributed by atoms with Crippen LogP contribution in [0.5, 0.6) is 0 Å². The van der Waals surface area contributed by atoms with Crippen LogP contribution in [-0.2, 0) is 0 Å². The first-order valence-electron chi connectivity index (χ1n) is 4.42. The highest BCUT2D eigenvalue weighted by molar-refractivity contribution is 8.00. The van der Waals surface area contributed by atoms with Gasteiger partial charge in [-0.1, -0.05) is 29.8 Å². The molecule has 16 heavy (non-hydrogen) atoms. The normalized spacial score (nSPS) is 14.2. The van der Waals surface area contributed by atoms with E-state index in [4.69, 9.17) is 11.6 Å². The van der Waals surface area contributed by atoms with Crippen LogP contribution in [0.25, 0.3) is 10.9 Å². The third-order valence-corrected chi connectivity index (χ3v) is 3.33. The molecule has 0 saturated heterocycles. The van der Waals surface area contributed by atoms with Gasteiger partial charge in [0.2, 0.25) is 5.63 Å². The highest BCUT2D eigenvalue weighted by atomic mass is 35.5. The maximum atomic E-state index is 13.0. The van der Waals surface area contributed by atoms with Crippen molar-refractivity contribution in [1.29, 1.82) is 0 Å². The minimum atomic E-state index is -3.64. The Bertz CT molecular complexity index is 465. The summed E-state index contributed by atoms with van der Waals surface area (Å²) in [6, 6.07) is 8.65. The SMILES string of the molecule is FC(Cl)C(F)(F)Sc1cc2ccccc2[nH]1. The van der Waals surface area contributed by atoms with Gasteiger partial charge in [0.15, 0.2) is 0 Å². The summed E-state index contributed by atoms with van der Waals surface area (Å²) in [6.07, 6.45) is 0. The molecule has 86 valence electrons. The Kier molecular flexibility index (Phi) is 3.08. The third kappa shape index (κ3) is 2.30. The molecule has 1 nitrogen and oxygen atoms in total. The molecule has 1 N–H and O–H groups in total. The van der Waals surface area contributed by atoms with Gasteiger partial charge in [0.25, 0.3) is 0 Å². The van der Waals surface area contributed by atoms with E-state index in [1.165, 1.54) is 6.07 Å². The van der Waals surface area contributed by atoms with Crippen molar-refractivity contribution in [3.63, 3.8) is 0 Å². The number of aromatic nitrogens is 1. The van der Waals surface area contributed by atoms with Crippen LogP contribution in [0.3, 0.4) is 0 Å². The number of benzene rings is 1. The number of thioether (sulfide) groups is 1. The first-order valence-corrected chi connectivity index (χ1v) is 5.67. The monoisotopic (exact) mass is 265 g/mol. The zero-order valence-electron chi connectivity index (χ0n) is 7.88. The Morgan fingerprint density at radius 3 is 2.62 bits per heavy atom. The second-order valence-electron chi connectivity index (χ2n) is 3.19. The van der Waals surface area contributed by atoms with Crippen molar-refractivity contribution in [3.05, 3.63) is 30.3 Å². The predicted octanol–water partition coefficient (Wildman–Crippen LogP) is 4.39. The molecule has 0 aliphatic heterocycles. The maximum absolute atomic E-state index is 13.0. The van der Waals surface area contributed by atoms with Crippen molar-refractivity contribution < 1.29 is 13.2 Å². The van der Waals surface area contributed by atoms with Gasteiger partial charge in [-0.25, -0.2) is 4.39 Å². The fraction of sp³-hybridized carbons (Fsp3) is 0.200. The maximum Gasteiger partial charge on any atom is 0.343 e. The van der Waals surface area contributed by atoms with E-state index in [0.29, 0.717) is 0 Å². The van der Waals surface area contributed by atoms with Crippen molar-refractivity contribution in [2.45, 2.75) is 15.9 Å². The van der Waals surface area contributed by atoms with Crippen molar-refractivity contribution in [2.24, 2.45) is 0 Å². The highest BCUT2D eigenvalue weighted by Gasteiger charge is 2.40. The molecular formula is C10H7ClF3NS. The van der Waals surface area contributed by atoms with Crippen LogP contribution in [0.1, 0.15) is 0 Å². The molecule has 0 spiro atoms. The Balaban J connectivity index is 2.28. The number of hydrogen-bond donors (Lipinski definition) is 1. The minimum Gasteiger partial charge on any atom is -0.350 e. The van der Waals surface area contributed by atoms with Gasteiger partial charge in [-0.2, -0.15) is 8.78 Å². The van der Waals surface area contributed by atoms with Crippen molar-refractivity contribution in [2.75, 3.05) is 0 Å². The first-order chi connectivity index (χ1) is 7.49. The number of nitrogens with one attached hydrogen (secondary N) is 1. The van der Waals surface area contributed by atoms with Crippen LogP contribution in [0.4, 0.5) is 13.2 Å². The highest BCUT2D eigenvalue weighted by Crippen LogP contribution is 2.41.